The molecule has 1 aliphatic rings. The lowest BCUT2D eigenvalue weighted by molar-refractivity contribution is 0.430. The van der Waals surface area contributed by atoms with Crippen molar-refractivity contribution in [3.05, 3.63) is 94.3 Å². The lowest BCUT2D eigenvalue weighted by Gasteiger charge is -2.35. The Morgan fingerprint density at radius 2 is 1.90 bits per heavy atom. The molecule has 1 aromatic heterocycles. The van der Waals surface area contributed by atoms with Crippen molar-refractivity contribution in [3.8, 4) is 11.3 Å². The Morgan fingerprint density at radius 3 is 2.62 bits per heavy atom. The van der Waals surface area contributed by atoms with Gasteiger partial charge in [0.25, 0.3) is 5.56 Å². The fourth-order valence-corrected chi connectivity index (χ4v) is 4.87. The van der Waals surface area contributed by atoms with Crippen LogP contribution in [0.5, 0.6) is 0 Å². The fourth-order valence-electron chi connectivity index (χ4n) is 4.14. The first-order valence-electron chi connectivity index (χ1n) is 10.1. The standard InChI is InChI=1S/C25H26N2OS/c1-4-15-29-24-26-22-20-14-10-9-13-19(20)16-25(3,5-2)21(22)23(28)27(24)17-18-11-7-6-8-12-18/h4,6-14H,1,5,15-17H2,2-3H3/t25-/m1/s1. The van der Waals surface area contributed by atoms with E-state index in [-0.39, 0.29) is 11.0 Å². The molecule has 0 radical (unpaired) electrons. The molecule has 29 heavy (non-hydrogen) atoms. The molecule has 0 fully saturated rings. The minimum absolute atomic E-state index is 0.0873. The summed E-state index contributed by atoms with van der Waals surface area (Å²) in [6.07, 6.45) is 3.62. The Kier molecular flexibility index (Phi) is 5.46. The number of aromatic nitrogens is 2. The number of thioether (sulfide) groups is 1. The molecule has 0 aliphatic heterocycles. The van der Waals surface area contributed by atoms with Crippen molar-refractivity contribution in [1.82, 2.24) is 9.55 Å². The third-order valence-corrected chi connectivity index (χ3v) is 6.86. The van der Waals surface area contributed by atoms with E-state index in [1.165, 1.54) is 5.56 Å². The van der Waals surface area contributed by atoms with E-state index in [1.807, 2.05) is 34.9 Å². The van der Waals surface area contributed by atoms with E-state index in [0.717, 1.165) is 40.4 Å². The van der Waals surface area contributed by atoms with Crippen molar-refractivity contribution >= 4 is 11.8 Å². The predicted octanol–water partition coefficient (Wildman–Crippen LogP) is 5.46. The molecular formula is C25H26N2OS. The third kappa shape index (κ3) is 3.58. The average Bonchev–Trinajstić information content (AvgIpc) is 2.75. The average molecular weight is 403 g/mol. The van der Waals surface area contributed by atoms with E-state index in [4.69, 9.17) is 4.98 Å². The van der Waals surface area contributed by atoms with Crippen LogP contribution < -0.4 is 5.56 Å². The number of benzene rings is 2. The molecule has 2 aromatic carbocycles. The second-order valence-corrected chi connectivity index (χ2v) is 8.83. The summed E-state index contributed by atoms with van der Waals surface area (Å²) >= 11 is 1.57. The Morgan fingerprint density at radius 1 is 1.17 bits per heavy atom. The Hall–Kier alpha value is -2.59. The van der Waals surface area contributed by atoms with Crippen molar-refractivity contribution in [3.63, 3.8) is 0 Å². The maximum absolute atomic E-state index is 13.9. The maximum Gasteiger partial charge on any atom is 0.258 e. The molecule has 1 heterocycles. The molecule has 4 rings (SSSR count). The molecule has 1 atom stereocenters. The molecule has 0 amide bonds. The van der Waals surface area contributed by atoms with Gasteiger partial charge in [-0.3, -0.25) is 9.36 Å². The van der Waals surface area contributed by atoms with Gasteiger partial charge < -0.3 is 0 Å². The van der Waals surface area contributed by atoms with Crippen molar-refractivity contribution in [2.75, 3.05) is 5.75 Å². The van der Waals surface area contributed by atoms with E-state index in [2.05, 4.69) is 50.8 Å². The van der Waals surface area contributed by atoms with Gasteiger partial charge in [0, 0.05) is 16.7 Å². The summed E-state index contributed by atoms with van der Waals surface area (Å²) < 4.78 is 1.85. The zero-order chi connectivity index (χ0) is 20.4. The van der Waals surface area contributed by atoms with Gasteiger partial charge in [-0.15, -0.1) is 6.58 Å². The summed E-state index contributed by atoms with van der Waals surface area (Å²) in [5.41, 5.74) is 5.06. The van der Waals surface area contributed by atoms with Crippen molar-refractivity contribution in [2.45, 2.75) is 43.8 Å². The zero-order valence-electron chi connectivity index (χ0n) is 17.0. The summed E-state index contributed by atoms with van der Waals surface area (Å²) in [4.78, 5) is 18.9. The SMILES string of the molecule is C=CCSc1nc2c(c(=O)n1Cc1ccccc1)[C@](C)(CC)Cc1ccccc1-2. The van der Waals surface area contributed by atoms with E-state index in [1.54, 1.807) is 11.8 Å². The van der Waals surface area contributed by atoms with Crippen molar-refractivity contribution in [1.29, 1.82) is 0 Å². The van der Waals surface area contributed by atoms with Gasteiger partial charge in [-0.1, -0.05) is 86.3 Å². The quantitative estimate of drug-likeness (QED) is 0.312. The molecule has 0 N–H and O–H groups in total. The first-order chi connectivity index (χ1) is 14.1. The lowest BCUT2D eigenvalue weighted by Crippen LogP contribution is -2.40. The van der Waals surface area contributed by atoms with Crippen LogP contribution in [0.1, 0.15) is 37.0 Å². The van der Waals surface area contributed by atoms with Crippen LogP contribution in [0.4, 0.5) is 0 Å². The number of rotatable bonds is 6. The Balaban J connectivity index is 1.97. The molecule has 0 spiro atoms. The second-order valence-electron chi connectivity index (χ2n) is 7.84. The van der Waals surface area contributed by atoms with Gasteiger partial charge in [-0.2, -0.15) is 0 Å². The highest BCUT2D eigenvalue weighted by molar-refractivity contribution is 7.99. The highest BCUT2D eigenvalue weighted by Crippen LogP contribution is 2.42. The molecular weight excluding hydrogens is 376 g/mol. The highest BCUT2D eigenvalue weighted by atomic mass is 32.2. The van der Waals surface area contributed by atoms with Crippen LogP contribution in [-0.2, 0) is 18.4 Å². The second kappa shape index (κ2) is 8.03. The topological polar surface area (TPSA) is 34.9 Å². The first kappa shape index (κ1) is 19.7. The summed E-state index contributed by atoms with van der Waals surface area (Å²) in [5, 5.41) is 0.757. The summed E-state index contributed by atoms with van der Waals surface area (Å²) in [6.45, 7) is 8.73. The van der Waals surface area contributed by atoms with Gasteiger partial charge in [-0.25, -0.2) is 4.98 Å². The van der Waals surface area contributed by atoms with Crippen LogP contribution >= 0.6 is 11.8 Å². The highest BCUT2D eigenvalue weighted by Gasteiger charge is 2.38. The fraction of sp³-hybridized carbons (Fsp3) is 0.280. The van der Waals surface area contributed by atoms with Gasteiger partial charge in [0.2, 0.25) is 0 Å². The Labute approximate surface area is 176 Å². The maximum atomic E-state index is 13.9. The number of hydrogen-bond donors (Lipinski definition) is 0. The van der Waals surface area contributed by atoms with Crippen LogP contribution in [0.2, 0.25) is 0 Å². The molecule has 0 saturated heterocycles. The predicted molar refractivity (Wildman–Crippen MR) is 122 cm³/mol. The van der Waals surface area contributed by atoms with Crippen LogP contribution in [0.3, 0.4) is 0 Å². The zero-order valence-corrected chi connectivity index (χ0v) is 17.8. The molecule has 1 aliphatic carbocycles. The third-order valence-electron chi connectivity index (χ3n) is 5.88. The molecule has 0 saturated carbocycles. The van der Waals surface area contributed by atoms with E-state index in [0.29, 0.717) is 12.3 Å². The molecule has 4 heteroatoms. The minimum Gasteiger partial charge on any atom is -0.283 e. The van der Waals surface area contributed by atoms with Crippen LogP contribution in [0.15, 0.2) is 77.2 Å². The Bertz CT molecular complexity index is 1100. The van der Waals surface area contributed by atoms with Crippen LogP contribution in [0.25, 0.3) is 11.3 Å². The van der Waals surface area contributed by atoms with E-state index >= 15 is 0 Å². The summed E-state index contributed by atoms with van der Waals surface area (Å²) in [6, 6.07) is 18.5. The molecule has 3 aromatic rings. The van der Waals surface area contributed by atoms with Gasteiger partial charge in [0.05, 0.1) is 17.8 Å². The van der Waals surface area contributed by atoms with Crippen molar-refractivity contribution in [2.24, 2.45) is 0 Å². The first-order valence-corrected chi connectivity index (χ1v) is 11.1. The van der Waals surface area contributed by atoms with Crippen LogP contribution in [-0.4, -0.2) is 15.3 Å². The van der Waals surface area contributed by atoms with Gasteiger partial charge in [0.1, 0.15) is 0 Å². The van der Waals surface area contributed by atoms with Crippen molar-refractivity contribution < 1.29 is 0 Å². The summed E-state index contributed by atoms with van der Waals surface area (Å²) in [7, 11) is 0. The molecule has 3 nitrogen and oxygen atoms in total. The monoisotopic (exact) mass is 402 g/mol. The minimum atomic E-state index is -0.214. The van der Waals surface area contributed by atoms with Gasteiger partial charge in [0.15, 0.2) is 5.16 Å². The summed E-state index contributed by atoms with van der Waals surface area (Å²) in [5.74, 6) is 0.715. The molecule has 0 unspecified atom stereocenters. The smallest absolute Gasteiger partial charge is 0.258 e. The number of hydrogen-bond acceptors (Lipinski definition) is 3. The van der Waals surface area contributed by atoms with Gasteiger partial charge >= 0.3 is 0 Å². The van der Waals surface area contributed by atoms with E-state index < -0.39 is 0 Å². The largest absolute Gasteiger partial charge is 0.283 e. The normalized spacial score (nSPS) is 17.4. The molecule has 148 valence electrons. The van der Waals surface area contributed by atoms with E-state index in [9.17, 15) is 4.79 Å². The number of nitrogens with zero attached hydrogens (tertiary/aromatic N) is 2. The lowest BCUT2D eigenvalue weighted by atomic mass is 9.69. The number of fused-ring (bicyclic) bond motifs is 3. The van der Waals surface area contributed by atoms with Crippen LogP contribution in [0, 0.1) is 0 Å². The van der Waals surface area contributed by atoms with Gasteiger partial charge in [-0.05, 0) is 24.0 Å². The molecule has 0 bridgehead atoms.